The minimum atomic E-state index is -0.682. The molecule has 0 saturated heterocycles. The van der Waals surface area contributed by atoms with Gasteiger partial charge in [-0.15, -0.1) is 0 Å². The van der Waals surface area contributed by atoms with E-state index < -0.39 is 16.7 Å². The zero-order valence-electron chi connectivity index (χ0n) is 13.6. The Labute approximate surface area is 142 Å². The van der Waals surface area contributed by atoms with E-state index in [4.69, 9.17) is 4.42 Å². The smallest absolute Gasteiger partial charge is 0.400 e. The lowest BCUT2D eigenvalue weighted by molar-refractivity contribution is -0.402. The van der Waals surface area contributed by atoms with E-state index in [9.17, 15) is 19.7 Å². The number of nitro groups is 1. The quantitative estimate of drug-likeness (QED) is 0.468. The highest BCUT2D eigenvalue weighted by Crippen LogP contribution is 2.13. The second kappa shape index (κ2) is 7.86. The number of aryl methyl sites for hydroxylation is 2. The van der Waals surface area contributed by atoms with E-state index in [1.54, 1.807) is 12.1 Å². The molecule has 0 saturated carbocycles. The number of hydrogen-bond acceptors (Lipinski definition) is 6. The predicted molar refractivity (Wildman–Crippen MR) is 89.3 cm³/mol. The van der Waals surface area contributed by atoms with Crippen LogP contribution in [0.2, 0.25) is 0 Å². The number of furan rings is 1. The molecule has 2 aromatic rings. The number of nitrogens with zero attached hydrogens (tertiary/aromatic N) is 2. The molecule has 0 aliphatic heterocycles. The Balaban J connectivity index is 1.81. The molecule has 2 N–H and O–H groups in total. The van der Waals surface area contributed by atoms with E-state index in [2.05, 4.69) is 15.8 Å². The number of carbonyl (C=O) groups is 2. The molecule has 0 atom stereocenters. The fourth-order valence-corrected chi connectivity index (χ4v) is 1.86. The van der Waals surface area contributed by atoms with Gasteiger partial charge in [0.15, 0.2) is 5.76 Å². The molecule has 1 aromatic carbocycles. The van der Waals surface area contributed by atoms with Gasteiger partial charge in [0, 0.05) is 5.56 Å². The number of amides is 2. The summed E-state index contributed by atoms with van der Waals surface area (Å²) in [7, 11) is 0. The topological polar surface area (TPSA) is 127 Å². The molecule has 2 amide bonds. The second-order valence-electron chi connectivity index (χ2n) is 5.21. The summed E-state index contributed by atoms with van der Waals surface area (Å²) in [5, 5.41) is 16.5. The van der Waals surface area contributed by atoms with Crippen LogP contribution in [0.5, 0.6) is 0 Å². The van der Waals surface area contributed by atoms with Gasteiger partial charge >= 0.3 is 5.88 Å². The van der Waals surface area contributed by atoms with Gasteiger partial charge in [0.05, 0.1) is 18.8 Å². The lowest BCUT2D eigenvalue weighted by Crippen LogP contribution is -2.34. The molecule has 9 nitrogen and oxygen atoms in total. The van der Waals surface area contributed by atoms with Gasteiger partial charge in [-0.1, -0.05) is 6.07 Å². The average Bonchev–Trinajstić information content (AvgIpc) is 3.04. The van der Waals surface area contributed by atoms with E-state index >= 15 is 0 Å². The summed E-state index contributed by atoms with van der Waals surface area (Å²) >= 11 is 0. The first kappa shape index (κ1) is 17.9. The average molecular weight is 344 g/mol. The highest BCUT2D eigenvalue weighted by atomic mass is 16.6. The maximum atomic E-state index is 12.0. The van der Waals surface area contributed by atoms with Gasteiger partial charge in [-0.3, -0.25) is 19.7 Å². The fourth-order valence-electron chi connectivity index (χ4n) is 1.86. The van der Waals surface area contributed by atoms with Gasteiger partial charge in [0.1, 0.15) is 4.92 Å². The standard InChI is InChI=1S/C16H16N4O5/c1-10-3-4-12(7-11(10)2)16(22)17-9-14(21)19-18-8-13-5-6-15(25-13)20(23)24/h3-8H,9H2,1-2H3,(H,17,22)(H,19,21)/b18-8+. The first-order valence-corrected chi connectivity index (χ1v) is 7.28. The Morgan fingerprint density at radius 1 is 1.24 bits per heavy atom. The van der Waals surface area contributed by atoms with Crippen LogP contribution in [0, 0.1) is 24.0 Å². The number of benzene rings is 1. The number of nitrogens with one attached hydrogen (secondary N) is 2. The summed E-state index contributed by atoms with van der Waals surface area (Å²) in [6.07, 6.45) is 1.12. The fraction of sp³-hybridized carbons (Fsp3) is 0.188. The molecular weight excluding hydrogens is 328 g/mol. The first-order chi connectivity index (χ1) is 11.9. The van der Waals surface area contributed by atoms with E-state index in [0.717, 1.165) is 17.3 Å². The largest absolute Gasteiger partial charge is 0.433 e. The Morgan fingerprint density at radius 3 is 2.64 bits per heavy atom. The number of hydrazone groups is 1. The van der Waals surface area contributed by atoms with Crippen LogP contribution in [-0.4, -0.2) is 29.5 Å². The van der Waals surface area contributed by atoms with Crippen LogP contribution in [0.15, 0.2) is 39.9 Å². The molecule has 25 heavy (non-hydrogen) atoms. The summed E-state index contributed by atoms with van der Waals surface area (Å²) in [6.45, 7) is 3.57. The number of hydrogen-bond donors (Lipinski definition) is 2. The Hall–Kier alpha value is -3.49. The molecule has 0 radical (unpaired) electrons. The van der Waals surface area contributed by atoms with Crippen molar-refractivity contribution in [3.63, 3.8) is 0 Å². The highest BCUT2D eigenvalue weighted by Gasteiger charge is 2.11. The van der Waals surface area contributed by atoms with Crippen LogP contribution >= 0.6 is 0 Å². The van der Waals surface area contributed by atoms with Gasteiger partial charge in [-0.25, -0.2) is 5.43 Å². The molecule has 0 unspecified atom stereocenters. The molecule has 0 aliphatic rings. The summed E-state index contributed by atoms with van der Waals surface area (Å²) in [4.78, 5) is 33.4. The molecule has 1 heterocycles. The molecule has 2 rings (SSSR count). The second-order valence-corrected chi connectivity index (χ2v) is 5.21. The van der Waals surface area contributed by atoms with E-state index in [-0.39, 0.29) is 18.2 Å². The third-order valence-electron chi connectivity index (χ3n) is 3.35. The van der Waals surface area contributed by atoms with Gasteiger partial charge in [0.25, 0.3) is 11.8 Å². The number of rotatable bonds is 6. The molecule has 0 bridgehead atoms. The van der Waals surface area contributed by atoms with Crippen molar-refractivity contribution in [3.05, 3.63) is 62.9 Å². The van der Waals surface area contributed by atoms with Crippen LogP contribution in [-0.2, 0) is 4.79 Å². The molecule has 0 fully saturated rings. The van der Waals surface area contributed by atoms with E-state index in [0.29, 0.717) is 5.56 Å². The Bertz CT molecular complexity index is 841. The van der Waals surface area contributed by atoms with Crippen molar-refractivity contribution < 1.29 is 18.9 Å². The lowest BCUT2D eigenvalue weighted by Gasteiger charge is -2.06. The molecule has 130 valence electrons. The van der Waals surface area contributed by atoms with Crippen LogP contribution in [0.25, 0.3) is 0 Å². The van der Waals surface area contributed by atoms with Crippen molar-refractivity contribution in [2.45, 2.75) is 13.8 Å². The number of carbonyl (C=O) groups excluding carboxylic acids is 2. The van der Waals surface area contributed by atoms with E-state index in [1.807, 2.05) is 19.9 Å². The monoisotopic (exact) mass is 344 g/mol. The third-order valence-corrected chi connectivity index (χ3v) is 3.35. The maximum absolute atomic E-state index is 12.0. The first-order valence-electron chi connectivity index (χ1n) is 7.28. The van der Waals surface area contributed by atoms with Crippen LogP contribution in [0.3, 0.4) is 0 Å². The molecule has 1 aromatic heterocycles. The normalized spacial score (nSPS) is 10.6. The summed E-state index contributed by atoms with van der Waals surface area (Å²) in [5.41, 5.74) is 4.70. The van der Waals surface area contributed by atoms with Crippen LogP contribution in [0.4, 0.5) is 5.88 Å². The van der Waals surface area contributed by atoms with Crippen molar-refractivity contribution >= 4 is 23.9 Å². The van der Waals surface area contributed by atoms with Crippen molar-refractivity contribution in [1.82, 2.24) is 10.7 Å². The van der Waals surface area contributed by atoms with Crippen molar-refractivity contribution in [1.29, 1.82) is 0 Å². The maximum Gasteiger partial charge on any atom is 0.433 e. The summed E-state index contributed by atoms with van der Waals surface area (Å²) in [5.74, 6) is -1.22. The zero-order valence-corrected chi connectivity index (χ0v) is 13.6. The molecular formula is C16H16N4O5. The van der Waals surface area contributed by atoms with Crippen LogP contribution in [0.1, 0.15) is 27.2 Å². The Morgan fingerprint density at radius 2 is 2.00 bits per heavy atom. The third kappa shape index (κ3) is 4.99. The zero-order chi connectivity index (χ0) is 18.4. The van der Waals surface area contributed by atoms with Gasteiger partial charge in [-0.05, 0) is 43.2 Å². The van der Waals surface area contributed by atoms with Gasteiger partial charge < -0.3 is 9.73 Å². The minimum Gasteiger partial charge on any atom is -0.400 e. The van der Waals surface area contributed by atoms with Crippen LogP contribution < -0.4 is 10.7 Å². The molecule has 0 aliphatic carbocycles. The highest BCUT2D eigenvalue weighted by molar-refractivity contribution is 5.96. The molecule has 0 spiro atoms. The SMILES string of the molecule is Cc1ccc(C(=O)NCC(=O)N/N=C/c2ccc([N+](=O)[O-])o2)cc1C. The van der Waals surface area contributed by atoms with E-state index in [1.165, 1.54) is 12.1 Å². The molecule has 9 heteroatoms. The lowest BCUT2D eigenvalue weighted by atomic mass is 10.1. The summed E-state index contributed by atoms with van der Waals surface area (Å²) in [6, 6.07) is 7.77. The Kier molecular flexibility index (Phi) is 5.62. The van der Waals surface area contributed by atoms with Gasteiger partial charge in [-0.2, -0.15) is 5.10 Å². The minimum absolute atomic E-state index is 0.117. The van der Waals surface area contributed by atoms with Crippen molar-refractivity contribution in [2.75, 3.05) is 6.54 Å². The van der Waals surface area contributed by atoms with Gasteiger partial charge in [0.2, 0.25) is 0 Å². The predicted octanol–water partition coefficient (Wildman–Crippen LogP) is 1.68. The van der Waals surface area contributed by atoms with Crippen molar-refractivity contribution in [2.24, 2.45) is 5.10 Å². The van der Waals surface area contributed by atoms with Crippen molar-refractivity contribution in [3.8, 4) is 0 Å². The summed E-state index contributed by atoms with van der Waals surface area (Å²) < 4.78 is 4.83.